The quantitative estimate of drug-likeness (QED) is 0.671. The van der Waals surface area contributed by atoms with Gasteiger partial charge in [-0.3, -0.25) is 0 Å². The molecule has 0 heterocycles. The maximum atomic E-state index is 11.8. The molecule has 3 unspecified atom stereocenters. The van der Waals surface area contributed by atoms with Crippen LogP contribution in [0, 0.1) is 0 Å². The molecule has 0 spiro atoms. The molecule has 3 N–H and O–H groups in total. The third kappa shape index (κ3) is 5.30. The summed E-state index contributed by atoms with van der Waals surface area (Å²) in [6.07, 6.45) is 7.46. The van der Waals surface area contributed by atoms with Crippen molar-refractivity contribution >= 4 is 23.8 Å². The smallest absolute Gasteiger partial charge is 0.326 e. The van der Waals surface area contributed by atoms with Gasteiger partial charge in [0.25, 0.3) is 0 Å². The van der Waals surface area contributed by atoms with Gasteiger partial charge in [0, 0.05) is 11.3 Å². The van der Waals surface area contributed by atoms with Crippen molar-refractivity contribution in [2.45, 2.75) is 62.8 Å². The van der Waals surface area contributed by atoms with Crippen LogP contribution in [-0.4, -0.2) is 40.7 Å². The molecule has 3 atom stereocenters. The predicted octanol–water partition coefficient (Wildman–Crippen LogP) is 2.21. The number of thioether (sulfide) groups is 1. The molecule has 1 aliphatic rings. The fraction of sp³-hybridized carbons (Fsp3) is 0.846. The Morgan fingerprint density at radius 1 is 1.42 bits per heavy atom. The molecule has 0 aliphatic heterocycles. The van der Waals surface area contributed by atoms with Crippen LogP contribution in [0.25, 0.3) is 0 Å². The number of aliphatic carboxylic acids is 1. The Morgan fingerprint density at radius 3 is 2.74 bits per heavy atom. The van der Waals surface area contributed by atoms with Gasteiger partial charge < -0.3 is 15.7 Å². The Hall–Kier alpha value is -0.910. The Bertz CT molecular complexity index is 312. The Balaban J connectivity index is 2.41. The number of hydrogen-bond donors (Lipinski definition) is 3. The first-order valence-electron chi connectivity index (χ1n) is 6.91. The first kappa shape index (κ1) is 16.1. The van der Waals surface area contributed by atoms with Gasteiger partial charge in [-0.1, -0.05) is 26.2 Å². The van der Waals surface area contributed by atoms with Crippen LogP contribution in [0.5, 0.6) is 0 Å². The van der Waals surface area contributed by atoms with E-state index in [4.69, 9.17) is 5.11 Å². The summed E-state index contributed by atoms with van der Waals surface area (Å²) in [5.41, 5.74) is 0. The normalized spacial score (nSPS) is 23.9. The van der Waals surface area contributed by atoms with Crippen LogP contribution in [0.2, 0.25) is 0 Å². The van der Waals surface area contributed by atoms with Crippen LogP contribution >= 0.6 is 11.8 Å². The molecular formula is C13H24N2O3S. The van der Waals surface area contributed by atoms with Gasteiger partial charge in [0.2, 0.25) is 0 Å². The largest absolute Gasteiger partial charge is 0.480 e. The Morgan fingerprint density at radius 2 is 2.16 bits per heavy atom. The van der Waals surface area contributed by atoms with Gasteiger partial charge in [-0.05, 0) is 25.5 Å². The van der Waals surface area contributed by atoms with E-state index in [1.165, 1.54) is 0 Å². The summed E-state index contributed by atoms with van der Waals surface area (Å²) in [6.45, 7) is 2.00. The fourth-order valence-electron chi connectivity index (χ4n) is 2.41. The van der Waals surface area contributed by atoms with Crippen LogP contribution < -0.4 is 10.6 Å². The second-order valence-electron chi connectivity index (χ2n) is 4.96. The van der Waals surface area contributed by atoms with Gasteiger partial charge in [0.15, 0.2) is 0 Å². The highest BCUT2D eigenvalue weighted by molar-refractivity contribution is 7.99. The van der Waals surface area contributed by atoms with Crippen molar-refractivity contribution in [3.05, 3.63) is 0 Å². The van der Waals surface area contributed by atoms with Crippen molar-refractivity contribution in [2.24, 2.45) is 0 Å². The van der Waals surface area contributed by atoms with E-state index in [1.54, 1.807) is 11.8 Å². The van der Waals surface area contributed by atoms with Crippen molar-refractivity contribution in [1.29, 1.82) is 0 Å². The highest BCUT2D eigenvalue weighted by Crippen LogP contribution is 2.28. The Kier molecular flexibility index (Phi) is 7.05. The molecule has 0 aromatic heterocycles. The summed E-state index contributed by atoms with van der Waals surface area (Å²) in [4.78, 5) is 22.9. The maximum absolute atomic E-state index is 11.8. The molecule has 2 amide bonds. The number of hydrogen-bond acceptors (Lipinski definition) is 3. The van der Waals surface area contributed by atoms with E-state index in [0.29, 0.717) is 11.7 Å². The van der Waals surface area contributed by atoms with E-state index < -0.39 is 12.0 Å². The molecule has 0 aromatic rings. The topological polar surface area (TPSA) is 78.4 Å². The molecule has 1 aliphatic carbocycles. The lowest BCUT2D eigenvalue weighted by atomic mass is 10.1. The number of nitrogens with one attached hydrogen (secondary N) is 2. The van der Waals surface area contributed by atoms with Crippen molar-refractivity contribution in [2.75, 3.05) is 6.26 Å². The first-order chi connectivity index (χ1) is 9.08. The summed E-state index contributed by atoms with van der Waals surface area (Å²) >= 11 is 1.76. The van der Waals surface area contributed by atoms with Crippen LogP contribution in [0.15, 0.2) is 0 Å². The minimum atomic E-state index is -0.962. The fourth-order valence-corrected chi connectivity index (χ4v) is 3.34. The number of carboxylic acids is 1. The molecule has 0 bridgehead atoms. The molecule has 1 saturated carbocycles. The lowest BCUT2D eigenvalue weighted by Gasteiger charge is -2.21. The van der Waals surface area contributed by atoms with Crippen LogP contribution in [-0.2, 0) is 4.79 Å². The third-order valence-corrected chi connectivity index (χ3v) is 4.69. The minimum Gasteiger partial charge on any atom is -0.480 e. The average molecular weight is 288 g/mol. The van der Waals surface area contributed by atoms with E-state index in [0.717, 1.165) is 32.1 Å². The van der Waals surface area contributed by atoms with Gasteiger partial charge in [0.1, 0.15) is 6.04 Å². The van der Waals surface area contributed by atoms with Gasteiger partial charge in [-0.2, -0.15) is 11.8 Å². The second kappa shape index (κ2) is 8.30. The summed E-state index contributed by atoms with van der Waals surface area (Å²) < 4.78 is 0. The zero-order chi connectivity index (χ0) is 14.3. The molecule has 1 rings (SSSR count). The Labute approximate surface area is 118 Å². The van der Waals surface area contributed by atoms with E-state index >= 15 is 0 Å². The van der Waals surface area contributed by atoms with Crippen molar-refractivity contribution < 1.29 is 14.7 Å². The number of carboxylic acid groups (broad SMARTS) is 1. The predicted molar refractivity (Wildman–Crippen MR) is 77.6 cm³/mol. The standard InChI is InChI=1S/C13H24N2O3S/c1-3-4-6-10(12(16)17)15-13(18)14-9-7-5-8-11(9)19-2/h9-11H,3-8H2,1-2H3,(H,16,17)(H2,14,15,18). The summed E-state index contributed by atoms with van der Waals surface area (Å²) in [5, 5.41) is 15.0. The lowest BCUT2D eigenvalue weighted by Crippen LogP contribution is -2.50. The zero-order valence-electron chi connectivity index (χ0n) is 11.6. The van der Waals surface area contributed by atoms with Gasteiger partial charge in [0.05, 0.1) is 0 Å². The lowest BCUT2D eigenvalue weighted by molar-refractivity contribution is -0.139. The van der Waals surface area contributed by atoms with Crippen LogP contribution in [0.4, 0.5) is 4.79 Å². The van der Waals surface area contributed by atoms with Gasteiger partial charge in [-0.15, -0.1) is 0 Å². The molecule has 5 nitrogen and oxygen atoms in total. The average Bonchev–Trinajstić information content (AvgIpc) is 2.81. The number of carbonyl (C=O) groups is 2. The van der Waals surface area contributed by atoms with E-state index in [1.807, 2.05) is 13.2 Å². The van der Waals surface area contributed by atoms with Crippen molar-refractivity contribution in [1.82, 2.24) is 10.6 Å². The molecule has 110 valence electrons. The number of urea groups is 1. The zero-order valence-corrected chi connectivity index (χ0v) is 12.5. The molecule has 0 aromatic carbocycles. The number of rotatable bonds is 7. The summed E-state index contributed by atoms with van der Waals surface area (Å²) in [5.74, 6) is -0.962. The molecule has 6 heteroatoms. The molecular weight excluding hydrogens is 264 g/mol. The SMILES string of the molecule is CCCCC(NC(=O)NC1CCCC1SC)C(=O)O. The van der Waals surface area contributed by atoms with E-state index in [9.17, 15) is 9.59 Å². The molecule has 0 saturated heterocycles. The molecule has 1 fully saturated rings. The van der Waals surface area contributed by atoms with Crippen LogP contribution in [0.1, 0.15) is 45.4 Å². The number of carbonyl (C=O) groups excluding carboxylic acids is 1. The summed E-state index contributed by atoms with van der Waals surface area (Å²) in [6, 6.07) is -0.973. The minimum absolute atomic E-state index is 0.163. The second-order valence-corrected chi connectivity index (χ2v) is 6.04. The van der Waals surface area contributed by atoms with E-state index in [-0.39, 0.29) is 12.1 Å². The number of unbranched alkanes of at least 4 members (excludes halogenated alkanes) is 1. The highest BCUT2D eigenvalue weighted by Gasteiger charge is 2.28. The van der Waals surface area contributed by atoms with Crippen LogP contribution in [0.3, 0.4) is 0 Å². The first-order valence-corrected chi connectivity index (χ1v) is 8.19. The monoisotopic (exact) mass is 288 g/mol. The van der Waals surface area contributed by atoms with Gasteiger partial charge in [-0.25, -0.2) is 9.59 Å². The molecule has 0 radical (unpaired) electrons. The number of amides is 2. The maximum Gasteiger partial charge on any atom is 0.326 e. The van der Waals surface area contributed by atoms with Crippen molar-refractivity contribution in [3.63, 3.8) is 0 Å². The van der Waals surface area contributed by atoms with E-state index in [2.05, 4.69) is 10.6 Å². The van der Waals surface area contributed by atoms with Gasteiger partial charge >= 0.3 is 12.0 Å². The molecule has 19 heavy (non-hydrogen) atoms. The summed E-state index contributed by atoms with van der Waals surface area (Å²) in [7, 11) is 0. The highest BCUT2D eigenvalue weighted by atomic mass is 32.2. The third-order valence-electron chi connectivity index (χ3n) is 3.52. The van der Waals surface area contributed by atoms with Crippen molar-refractivity contribution in [3.8, 4) is 0 Å².